The molecule has 0 spiro atoms. The fourth-order valence-corrected chi connectivity index (χ4v) is 1.72. The smallest absolute Gasteiger partial charge is 0.329 e. The van der Waals surface area contributed by atoms with Crippen LogP contribution in [-0.2, 0) is 19.1 Å². The Morgan fingerprint density at radius 1 is 1.62 bits per heavy atom. The van der Waals surface area contributed by atoms with Crippen molar-refractivity contribution in [2.45, 2.75) is 31.9 Å². The lowest BCUT2D eigenvalue weighted by Gasteiger charge is -2.16. The molecule has 1 aliphatic heterocycles. The summed E-state index contributed by atoms with van der Waals surface area (Å²) in [7, 11) is 0. The molecule has 0 saturated carbocycles. The Balaban J connectivity index is 2.28. The highest BCUT2D eigenvalue weighted by molar-refractivity contribution is 7.80. The summed E-state index contributed by atoms with van der Waals surface area (Å²) < 4.78 is 10.4. The van der Waals surface area contributed by atoms with Crippen LogP contribution >= 0.6 is 12.6 Å². The zero-order valence-corrected chi connectivity index (χ0v) is 10.2. The van der Waals surface area contributed by atoms with E-state index in [0.717, 1.165) is 19.4 Å². The normalized spacial score (nSPS) is 21.5. The van der Waals surface area contributed by atoms with E-state index >= 15 is 0 Å². The standard InChI is InChI=1S/C10H17NO4S/c1-7(12)11-9(6-16)10(13)15-5-8-3-2-4-14-8/h8-9,16H,2-6H2,1H3,(H,11,12)/t8?,9-/m0/s1. The maximum Gasteiger partial charge on any atom is 0.329 e. The molecule has 0 aliphatic carbocycles. The van der Waals surface area contributed by atoms with Gasteiger partial charge in [0.15, 0.2) is 0 Å². The van der Waals surface area contributed by atoms with Gasteiger partial charge in [0.1, 0.15) is 12.6 Å². The van der Waals surface area contributed by atoms with E-state index in [2.05, 4.69) is 17.9 Å². The molecule has 1 heterocycles. The summed E-state index contributed by atoms with van der Waals surface area (Å²) in [5.74, 6) is -0.502. The number of amides is 1. The summed E-state index contributed by atoms with van der Waals surface area (Å²) >= 11 is 3.99. The molecular formula is C10H17NO4S. The molecule has 1 rings (SSSR count). The molecular weight excluding hydrogens is 230 g/mol. The van der Waals surface area contributed by atoms with Crippen molar-refractivity contribution in [1.29, 1.82) is 0 Å². The molecule has 1 saturated heterocycles. The molecule has 92 valence electrons. The van der Waals surface area contributed by atoms with Crippen LogP contribution in [0, 0.1) is 0 Å². The van der Waals surface area contributed by atoms with Crippen molar-refractivity contribution in [3.8, 4) is 0 Å². The van der Waals surface area contributed by atoms with Crippen molar-refractivity contribution in [1.82, 2.24) is 5.32 Å². The third-order valence-electron chi connectivity index (χ3n) is 2.28. The van der Waals surface area contributed by atoms with Gasteiger partial charge in [-0.05, 0) is 12.8 Å². The Hall–Kier alpha value is -0.750. The molecule has 0 aromatic carbocycles. The average molecular weight is 247 g/mol. The SMILES string of the molecule is CC(=O)N[C@@H](CS)C(=O)OCC1CCCO1. The van der Waals surface area contributed by atoms with Crippen LogP contribution in [-0.4, -0.2) is 43.0 Å². The van der Waals surface area contributed by atoms with Gasteiger partial charge in [-0.1, -0.05) is 0 Å². The van der Waals surface area contributed by atoms with Gasteiger partial charge in [-0.25, -0.2) is 4.79 Å². The highest BCUT2D eigenvalue weighted by Gasteiger charge is 2.22. The number of carbonyl (C=O) groups excluding carboxylic acids is 2. The minimum Gasteiger partial charge on any atom is -0.461 e. The van der Waals surface area contributed by atoms with Gasteiger partial charge in [-0.2, -0.15) is 12.6 Å². The van der Waals surface area contributed by atoms with Crippen LogP contribution in [0.3, 0.4) is 0 Å². The molecule has 1 amide bonds. The van der Waals surface area contributed by atoms with Crippen molar-refractivity contribution in [2.75, 3.05) is 19.0 Å². The number of esters is 1. The van der Waals surface area contributed by atoms with E-state index in [0.29, 0.717) is 0 Å². The summed E-state index contributed by atoms with van der Waals surface area (Å²) in [6.07, 6.45) is 1.92. The molecule has 2 atom stereocenters. The van der Waals surface area contributed by atoms with Crippen LogP contribution in [0.25, 0.3) is 0 Å². The molecule has 0 radical (unpaired) electrons. The molecule has 16 heavy (non-hydrogen) atoms. The second kappa shape index (κ2) is 6.75. The van der Waals surface area contributed by atoms with Gasteiger partial charge in [0.25, 0.3) is 0 Å². The predicted molar refractivity (Wildman–Crippen MR) is 61.4 cm³/mol. The Labute approximate surface area is 100 Å². The lowest BCUT2D eigenvalue weighted by atomic mass is 10.2. The van der Waals surface area contributed by atoms with Crippen molar-refractivity contribution in [3.05, 3.63) is 0 Å². The van der Waals surface area contributed by atoms with Crippen LogP contribution in [0.2, 0.25) is 0 Å². The fraction of sp³-hybridized carbons (Fsp3) is 0.800. The minimum absolute atomic E-state index is 0.00171. The molecule has 0 aromatic heterocycles. The maximum atomic E-state index is 11.5. The number of ether oxygens (including phenoxy) is 2. The summed E-state index contributed by atoms with van der Waals surface area (Å²) in [5, 5.41) is 2.47. The lowest BCUT2D eigenvalue weighted by molar-refractivity contribution is -0.150. The third kappa shape index (κ3) is 4.40. The molecule has 0 bridgehead atoms. The van der Waals surface area contributed by atoms with Gasteiger partial charge >= 0.3 is 5.97 Å². The fourth-order valence-electron chi connectivity index (χ4n) is 1.48. The second-order valence-electron chi connectivity index (χ2n) is 3.70. The quantitative estimate of drug-likeness (QED) is 0.536. The lowest BCUT2D eigenvalue weighted by Crippen LogP contribution is -2.42. The summed E-state index contributed by atoms with van der Waals surface area (Å²) in [6, 6.07) is -0.678. The molecule has 1 fully saturated rings. The van der Waals surface area contributed by atoms with E-state index in [4.69, 9.17) is 9.47 Å². The van der Waals surface area contributed by atoms with Crippen molar-refractivity contribution in [2.24, 2.45) is 0 Å². The van der Waals surface area contributed by atoms with E-state index in [9.17, 15) is 9.59 Å². The highest BCUT2D eigenvalue weighted by Crippen LogP contribution is 2.12. The van der Waals surface area contributed by atoms with E-state index in [-0.39, 0.29) is 24.4 Å². The van der Waals surface area contributed by atoms with E-state index in [1.165, 1.54) is 6.92 Å². The van der Waals surface area contributed by atoms with Gasteiger partial charge < -0.3 is 14.8 Å². The average Bonchev–Trinajstić information content (AvgIpc) is 2.75. The van der Waals surface area contributed by atoms with Gasteiger partial charge in [-0.3, -0.25) is 4.79 Å². The first-order valence-corrected chi connectivity index (χ1v) is 5.93. The summed E-state index contributed by atoms with van der Waals surface area (Å²) in [5.41, 5.74) is 0. The van der Waals surface area contributed by atoms with Gasteiger partial charge in [0.05, 0.1) is 6.10 Å². The minimum atomic E-state index is -0.678. The summed E-state index contributed by atoms with van der Waals surface area (Å²) in [4.78, 5) is 22.3. The first-order valence-electron chi connectivity index (χ1n) is 5.29. The van der Waals surface area contributed by atoms with E-state index in [1.807, 2.05) is 0 Å². The Kier molecular flexibility index (Phi) is 5.62. The molecule has 6 heteroatoms. The first-order chi connectivity index (χ1) is 7.63. The number of hydrogen-bond acceptors (Lipinski definition) is 5. The van der Waals surface area contributed by atoms with Crippen molar-refractivity contribution < 1.29 is 19.1 Å². The van der Waals surface area contributed by atoms with Crippen LogP contribution in [0.4, 0.5) is 0 Å². The summed E-state index contributed by atoms with van der Waals surface area (Å²) in [6.45, 7) is 2.33. The molecule has 5 nitrogen and oxygen atoms in total. The third-order valence-corrected chi connectivity index (χ3v) is 2.65. The monoisotopic (exact) mass is 247 g/mol. The van der Waals surface area contributed by atoms with Crippen LogP contribution in [0.15, 0.2) is 0 Å². The van der Waals surface area contributed by atoms with Crippen LogP contribution < -0.4 is 5.32 Å². The maximum absolute atomic E-state index is 11.5. The van der Waals surface area contributed by atoms with E-state index in [1.54, 1.807) is 0 Å². The molecule has 1 aliphatic rings. The van der Waals surface area contributed by atoms with E-state index < -0.39 is 12.0 Å². The highest BCUT2D eigenvalue weighted by atomic mass is 32.1. The second-order valence-corrected chi connectivity index (χ2v) is 4.07. The van der Waals surface area contributed by atoms with Crippen molar-refractivity contribution in [3.63, 3.8) is 0 Å². The molecule has 0 aromatic rings. The van der Waals surface area contributed by atoms with Gasteiger partial charge in [-0.15, -0.1) is 0 Å². The zero-order valence-electron chi connectivity index (χ0n) is 9.27. The number of carbonyl (C=O) groups is 2. The first kappa shape index (κ1) is 13.3. The number of nitrogens with one attached hydrogen (secondary N) is 1. The van der Waals surface area contributed by atoms with Crippen LogP contribution in [0.1, 0.15) is 19.8 Å². The molecule has 1 N–H and O–H groups in total. The van der Waals surface area contributed by atoms with Gasteiger partial charge in [0.2, 0.25) is 5.91 Å². The zero-order chi connectivity index (χ0) is 12.0. The number of thiol groups is 1. The van der Waals surface area contributed by atoms with Gasteiger partial charge in [0, 0.05) is 19.3 Å². The Bertz CT molecular complexity index is 253. The van der Waals surface area contributed by atoms with Crippen LogP contribution in [0.5, 0.6) is 0 Å². The number of hydrogen-bond donors (Lipinski definition) is 2. The molecule has 1 unspecified atom stereocenters. The Morgan fingerprint density at radius 2 is 2.38 bits per heavy atom. The Morgan fingerprint density at radius 3 is 2.88 bits per heavy atom. The topological polar surface area (TPSA) is 64.6 Å². The number of rotatable bonds is 5. The predicted octanol–water partition coefficient (Wildman–Crippen LogP) is 0.143. The van der Waals surface area contributed by atoms with Crippen molar-refractivity contribution >= 4 is 24.5 Å². The largest absolute Gasteiger partial charge is 0.461 e.